The van der Waals surface area contributed by atoms with Gasteiger partial charge in [0, 0.05) is 5.70 Å². The van der Waals surface area contributed by atoms with Gasteiger partial charge in [-0.15, -0.1) is 0 Å². The van der Waals surface area contributed by atoms with Gasteiger partial charge in [-0.05, 0) is 46.0 Å². The Bertz CT molecular complexity index is 984. The van der Waals surface area contributed by atoms with Crippen molar-refractivity contribution >= 4 is 27.7 Å². The van der Waals surface area contributed by atoms with E-state index in [1.54, 1.807) is 0 Å². The van der Waals surface area contributed by atoms with Gasteiger partial charge in [0.15, 0.2) is 5.76 Å². The molecule has 3 rings (SSSR count). The predicted molar refractivity (Wildman–Crippen MR) is 88.5 cm³/mol. The highest BCUT2D eigenvalue weighted by molar-refractivity contribution is 9.10. The van der Waals surface area contributed by atoms with E-state index in [9.17, 15) is 33.2 Å². The van der Waals surface area contributed by atoms with E-state index in [1.165, 1.54) is 19.2 Å². The fourth-order valence-corrected chi connectivity index (χ4v) is 2.97. The number of aliphatic hydroxyl groups is 1. The van der Waals surface area contributed by atoms with Crippen LogP contribution in [0.3, 0.4) is 0 Å². The summed E-state index contributed by atoms with van der Waals surface area (Å²) in [6, 6.07) is 2.43. The molecule has 1 unspecified atom stereocenters. The van der Waals surface area contributed by atoms with Crippen molar-refractivity contribution < 1.29 is 32.4 Å². The summed E-state index contributed by atoms with van der Waals surface area (Å²) in [6.07, 6.45) is -3.38. The van der Waals surface area contributed by atoms with Gasteiger partial charge in [0.25, 0.3) is 5.72 Å². The molecule has 0 fully saturated rings. The lowest BCUT2D eigenvalue weighted by Crippen LogP contribution is -2.60. The van der Waals surface area contributed by atoms with Crippen LogP contribution in [-0.4, -0.2) is 42.6 Å². The number of hydrogen-bond donors (Lipinski definition) is 2. The Morgan fingerprint density at radius 3 is 2.75 bits per heavy atom. The van der Waals surface area contributed by atoms with Crippen LogP contribution < -0.4 is 5.43 Å². The Morgan fingerprint density at radius 1 is 1.50 bits per heavy atom. The van der Waals surface area contributed by atoms with Gasteiger partial charge in [0.2, 0.25) is 0 Å². The molecule has 2 N–H and O–H groups in total. The molecule has 150 valence electrons. The lowest BCUT2D eigenvalue weighted by molar-refractivity contribution is -0.390. The van der Waals surface area contributed by atoms with Crippen LogP contribution in [0.1, 0.15) is 23.2 Å². The minimum atomic E-state index is -5.15. The number of aromatic nitrogens is 2. The van der Waals surface area contributed by atoms with Crippen molar-refractivity contribution in [1.82, 2.24) is 20.2 Å². The van der Waals surface area contributed by atoms with Gasteiger partial charge in [-0.1, -0.05) is 0 Å². The first-order valence-corrected chi connectivity index (χ1v) is 8.27. The molecule has 0 saturated carbocycles. The number of alkyl halides is 3. The zero-order valence-electron chi connectivity index (χ0n) is 13.9. The lowest BCUT2D eigenvalue weighted by atomic mass is 10.2. The molecular formula is C14H11BrF3N5O5. The first-order chi connectivity index (χ1) is 12.9. The fourth-order valence-electron chi connectivity index (χ4n) is 2.51. The number of carbonyl (C=O) groups is 1. The number of rotatable bonds is 4. The zero-order chi connectivity index (χ0) is 20.9. The second-order valence-corrected chi connectivity index (χ2v) is 6.68. The molecule has 28 heavy (non-hydrogen) atoms. The Kier molecular flexibility index (Phi) is 4.71. The maximum Gasteiger partial charge on any atom is 0.442 e. The number of nitro groups is 1. The molecule has 3 heterocycles. The van der Waals surface area contributed by atoms with E-state index < -0.39 is 34.3 Å². The largest absolute Gasteiger partial charge is 0.454 e. The highest BCUT2D eigenvalue weighted by atomic mass is 79.9. The van der Waals surface area contributed by atoms with E-state index in [0.29, 0.717) is 6.08 Å². The van der Waals surface area contributed by atoms with Crippen LogP contribution in [0.25, 0.3) is 0 Å². The van der Waals surface area contributed by atoms with Gasteiger partial charge in [-0.3, -0.25) is 10.2 Å². The topological polar surface area (TPSA) is 127 Å². The average Bonchev–Trinajstić information content (AvgIpc) is 3.25. The number of carbonyl (C=O) groups excluding carboxylic acids is 1. The molecule has 0 spiro atoms. The number of furan rings is 1. The normalized spacial score (nSPS) is 19.5. The Labute approximate surface area is 162 Å². The number of hydrogen-bond acceptors (Lipinski definition) is 7. The van der Waals surface area contributed by atoms with E-state index in [2.05, 4.69) is 26.5 Å². The Balaban J connectivity index is 1.81. The zero-order valence-corrected chi connectivity index (χ0v) is 15.5. The molecule has 0 bridgehead atoms. The van der Waals surface area contributed by atoms with E-state index >= 15 is 0 Å². The van der Waals surface area contributed by atoms with Crippen molar-refractivity contribution in [2.45, 2.75) is 25.4 Å². The van der Waals surface area contributed by atoms with Gasteiger partial charge in [0.05, 0.1) is 11.3 Å². The van der Waals surface area contributed by atoms with Crippen molar-refractivity contribution in [3.63, 3.8) is 0 Å². The molecule has 0 saturated heterocycles. The highest BCUT2D eigenvalue weighted by Gasteiger charge is 2.61. The van der Waals surface area contributed by atoms with Crippen molar-refractivity contribution in [3.8, 4) is 0 Å². The van der Waals surface area contributed by atoms with Crippen LogP contribution >= 0.6 is 15.9 Å². The van der Waals surface area contributed by atoms with E-state index in [4.69, 9.17) is 4.42 Å². The second kappa shape index (κ2) is 6.63. The van der Waals surface area contributed by atoms with Crippen LogP contribution in [0.5, 0.6) is 0 Å². The molecule has 14 heteroatoms. The molecule has 1 aliphatic rings. The van der Waals surface area contributed by atoms with Crippen molar-refractivity contribution in [1.29, 1.82) is 0 Å². The van der Waals surface area contributed by atoms with Crippen LogP contribution in [0.4, 0.5) is 19.0 Å². The summed E-state index contributed by atoms with van der Waals surface area (Å²) < 4.78 is 46.1. The maximum atomic E-state index is 13.2. The molecule has 1 amide bonds. The fraction of sp³-hybridized carbons (Fsp3) is 0.286. The molecule has 10 nitrogen and oxygen atoms in total. The third-order valence-corrected chi connectivity index (χ3v) is 4.29. The summed E-state index contributed by atoms with van der Waals surface area (Å²) in [7, 11) is 0. The van der Waals surface area contributed by atoms with E-state index in [1.807, 2.05) is 0 Å². The third kappa shape index (κ3) is 3.35. The van der Waals surface area contributed by atoms with Crippen molar-refractivity contribution in [2.24, 2.45) is 0 Å². The monoisotopic (exact) mass is 465 g/mol. The van der Waals surface area contributed by atoms with Gasteiger partial charge in [0.1, 0.15) is 16.8 Å². The minimum Gasteiger partial charge on any atom is -0.454 e. The molecule has 1 atom stereocenters. The van der Waals surface area contributed by atoms with Crippen molar-refractivity contribution in [3.05, 3.63) is 56.2 Å². The molecule has 0 radical (unpaired) electrons. The van der Waals surface area contributed by atoms with Crippen LogP contribution in [0, 0.1) is 10.1 Å². The molecule has 2 aromatic heterocycles. The number of nitrogens with one attached hydrogen (secondary N) is 1. The smallest absolute Gasteiger partial charge is 0.442 e. The summed E-state index contributed by atoms with van der Waals surface area (Å²) >= 11 is 2.98. The Morgan fingerprint density at radius 2 is 2.18 bits per heavy atom. The van der Waals surface area contributed by atoms with Crippen LogP contribution in [-0.2, 0) is 6.54 Å². The molecule has 1 aliphatic heterocycles. The number of hydrazine groups is 1. The van der Waals surface area contributed by atoms with Gasteiger partial charge >= 0.3 is 17.9 Å². The maximum absolute atomic E-state index is 13.2. The SMILES string of the molecule is CC1=CC(O)(C(F)(F)F)N(C(=O)c2ccc(Cn3cc(Br)c([N+](=O)[O-])n3)o2)N1. The molecule has 0 aliphatic carbocycles. The number of halogens is 4. The van der Waals surface area contributed by atoms with Crippen molar-refractivity contribution in [2.75, 3.05) is 0 Å². The average molecular weight is 466 g/mol. The standard InChI is InChI=1S/C14H11BrF3N5O5/c1-7-4-13(25,14(16,17)18)22(19-7)12(24)10-3-2-8(28-10)5-21-6-9(15)11(20-21)23(26)27/h2-4,6,19,25H,5H2,1H3. The van der Waals surface area contributed by atoms with E-state index in [0.717, 1.165) is 10.7 Å². The first kappa shape index (κ1) is 19.9. The molecule has 2 aromatic rings. The van der Waals surface area contributed by atoms with Gasteiger partial charge in [-0.25, -0.2) is 5.01 Å². The van der Waals surface area contributed by atoms with E-state index in [-0.39, 0.29) is 27.5 Å². The summed E-state index contributed by atoms with van der Waals surface area (Å²) in [5.74, 6) is -2.06. The first-order valence-electron chi connectivity index (χ1n) is 7.48. The van der Waals surface area contributed by atoms with Crippen LogP contribution in [0.2, 0.25) is 0 Å². The van der Waals surface area contributed by atoms with Crippen LogP contribution in [0.15, 0.2) is 39.0 Å². The molecular weight excluding hydrogens is 455 g/mol. The summed E-state index contributed by atoms with van der Waals surface area (Å²) in [5.41, 5.74) is -1.46. The predicted octanol–water partition coefficient (Wildman–Crippen LogP) is 2.31. The number of nitrogens with zero attached hydrogens (tertiary/aromatic N) is 4. The third-order valence-electron chi connectivity index (χ3n) is 3.73. The quantitative estimate of drug-likeness (QED) is 0.523. The summed E-state index contributed by atoms with van der Waals surface area (Å²) in [5, 5.41) is 24.4. The van der Waals surface area contributed by atoms with Gasteiger partial charge in [-0.2, -0.15) is 17.9 Å². The summed E-state index contributed by atoms with van der Waals surface area (Å²) in [4.78, 5) is 22.5. The summed E-state index contributed by atoms with van der Waals surface area (Å²) in [6.45, 7) is 1.13. The Hall–Kier alpha value is -2.87. The lowest BCUT2D eigenvalue weighted by Gasteiger charge is -2.33. The van der Waals surface area contributed by atoms with Gasteiger partial charge < -0.3 is 19.6 Å². The molecule has 0 aromatic carbocycles. The number of amides is 1. The number of allylic oxidation sites excluding steroid dienone is 1. The highest BCUT2D eigenvalue weighted by Crippen LogP contribution is 2.38. The minimum absolute atomic E-state index is 0.0142. The second-order valence-electron chi connectivity index (χ2n) is 5.82.